The molecule has 140 valence electrons. The normalized spacial score (nSPS) is 21.3. The number of hydrogen-bond acceptors (Lipinski definition) is 7. The van der Waals surface area contributed by atoms with E-state index in [-0.39, 0.29) is 11.8 Å². The van der Waals surface area contributed by atoms with Crippen LogP contribution < -0.4 is 4.90 Å². The van der Waals surface area contributed by atoms with Gasteiger partial charge < -0.3 is 14.7 Å². The van der Waals surface area contributed by atoms with Crippen LogP contribution in [0.1, 0.15) is 19.3 Å². The summed E-state index contributed by atoms with van der Waals surface area (Å²) in [4.78, 5) is 26.7. The van der Waals surface area contributed by atoms with Crippen LogP contribution in [0.5, 0.6) is 0 Å². The summed E-state index contributed by atoms with van der Waals surface area (Å²) in [6.45, 7) is 1.48. The van der Waals surface area contributed by atoms with E-state index in [0.29, 0.717) is 12.3 Å². The molecular weight excluding hydrogens is 354 g/mol. The van der Waals surface area contributed by atoms with E-state index in [0.717, 1.165) is 42.8 Å². The Labute approximate surface area is 152 Å². The SMILES string of the molecule is CN(c1ncnc2[nH]ccc12)C1CC2(C1)CN([C@H](CC=O)S(C)(=O)=O)C2. The van der Waals surface area contributed by atoms with Gasteiger partial charge in [0.25, 0.3) is 0 Å². The average Bonchev–Trinajstić information content (AvgIpc) is 2.98. The summed E-state index contributed by atoms with van der Waals surface area (Å²) in [6, 6.07) is 2.37. The van der Waals surface area contributed by atoms with Crippen molar-refractivity contribution in [2.24, 2.45) is 5.41 Å². The Morgan fingerprint density at radius 3 is 2.81 bits per heavy atom. The second-order valence-electron chi connectivity index (χ2n) is 7.70. The smallest absolute Gasteiger partial charge is 0.163 e. The van der Waals surface area contributed by atoms with Gasteiger partial charge in [0.05, 0.1) is 5.39 Å². The fraction of sp³-hybridized carbons (Fsp3) is 0.588. The van der Waals surface area contributed by atoms with Gasteiger partial charge in [0.1, 0.15) is 29.5 Å². The third kappa shape index (κ3) is 2.79. The molecule has 0 aromatic carbocycles. The molecule has 3 heterocycles. The summed E-state index contributed by atoms with van der Waals surface area (Å²) in [6.07, 6.45) is 7.40. The molecule has 2 aliphatic rings. The van der Waals surface area contributed by atoms with E-state index in [2.05, 4.69) is 26.9 Å². The van der Waals surface area contributed by atoms with Crippen LogP contribution in [-0.4, -0.2) is 72.4 Å². The minimum Gasteiger partial charge on any atom is -0.356 e. The molecule has 0 radical (unpaired) electrons. The number of nitrogens with zero attached hydrogens (tertiary/aromatic N) is 4. The van der Waals surface area contributed by atoms with Gasteiger partial charge in [-0.3, -0.25) is 4.90 Å². The third-order valence-corrected chi connectivity index (χ3v) is 7.31. The highest BCUT2D eigenvalue weighted by Crippen LogP contribution is 2.51. The molecule has 0 bridgehead atoms. The first-order chi connectivity index (χ1) is 12.3. The zero-order valence-corrected chi connectivity index (χ0v) is 15.7. The highest BCUT2D eigenvalue weighted by Gasteiger charge is 2.55. The summed E-state index contributed by atoms with van der Waals surface area (Å²) < 4.78 is 23.8. The molecule has 26 heavy (non-hydrogen) atoms. The van der Waals surface area contributed by atoms with Crippen LogP contribution in [0.2, 0.25) is 0 Å². The molecule has 1 N–H and O–H groups in total. The van der Waals surface area contributed by atoms with Crippen molar-refractivity contribution >= 4 is 33.0 Å². The van der Waals surface area contributed by atoms with E-state index in [1.807, 2.05) is 17.2 Å². The first-order valence-corrected chi connectivity index (χ1v) is 10.7. The summed E-state index contributed by atoms with van der Waals surface area (Å²) in [5, 5.41) is 0.332. The predicted molar refractivity (Wildman–Crippen MR) is 98.6 cm³/mol. The van der Waals surface area contributed by atoms with Gasteiger partial charge >= 0.3 is 0 Å². The number of carbonyl (C=O) groups is 1. The minimum atomic E-state index is -3.25. The van der Waals surface area contributed by atoms with E-state index in [1.54, 1.807) is 6.33 Å². The fourth-order valence-electron chi connectivity index (χ4n) is 4.48. The maximum atomic E-state index is 11.9. The molecule has 0 amide bonds. The Morgan fingerprint density at radius 2 is 2.15 bits per heavy atom. The Morgan fingerprint density at radius 1 is 1.42 bits per heavy atom. The number of carbonyl (C=O) groups excluding carboxylic acids is 1. The molecule has 8 nitrogen and oxygen atoms in total. The number of fused-ring (bicyclic) bond motifs is 1. The highest BCUT2D eigenvalue weighted by atomic mass is 32.2. The number of likely N-dealkylation sites (tertiary alicyclic amines) is 1. The van der Waals surface area contributed by atoms with Crippen molar-refractivity contribution in [2.45, 2.75) is 30.7 Å². The lowest BCUT2D eigenvalue weighted by Gasteiger charge is -2.62. The van der Waals surface area contributed by atoms with E-state index in [9.17, 15) is 13.2 Å². The standard InChI is InChI=1S/C17H23N5O3S/c1-21(16-13-3-5-18-15(13)19-11-20-16)12-7-17(8-12)9-22(10-17)14(4-6-23)26(2,24)25/h3,5-6,11-12,14H,4,7-10H2,1-2H3,(H,18,19,20)/t14-/m0/s1. The molecule has 9 heteroatoms. The maximum Gasteiger partial charge on any atom is 0.163 e. The monoisotopic (exact) mass is 377 g/mol. The van der Waals surface area contributed by atoms with Crippen LogP contribution >= 0.6 is 0 Å². The molecule has 0 unspecified atom stereocenters. The van der Waals surface area contributed by atoms with Crippen molar-refractivity contribution in [3.05, 3.63) is 18.6 Å². The van der Waals surface area contributed by atoms with Gasteiger partial charge in [-0.15, -0.1) is 0 Å². The lowest BCUT2D eigenvalue weighted by atomic mass is 9.60. The molecule has 1 aliphatic heterocycles. The Kier molecular flexibility index (Phi) is 4.03. The zero-order chi connectivity index (χ0) is 18.5. The summed E-state index contributed by atoms with van der Waals surface area (Å²) in [5.41, 5.74) is 1.00. The average molecular weight is 377 g/mol. The topological polar surface area (TPSA) is 99.3 Å². The molecule has 2 fully saturated rings. The number of rotatable bonds is 6. The summed E-state index contributed by atoms with van der Waals surface area (Å²) >= 11 is 0. The van der Waals surface area contributed by atoms with Crippen molar-refractivity contribution in [1.82, 2.24) is 19.9 Å². The number of hydrogen-bond donors (Lipinski definition) is 1. The second-order valence-corrected chi connectivity index (χ2v) is 9.90. The molecule has 1 aliphatic carbocycles. The first-order valence-electron chi connectivity index (χ1n) is 8.70. The van der Waals surface area contributed by atoms with Gasteiger partial charge in [-0.25, -0.2) is 18.4 Å². The van der Waals surface area contributed by atoms with Crippen molar-refractivity contribution in [2.75, 3.05) is 31.3 Å². The molecule has 1 atom stereocenters. The van der Waals surface area contributed by atoms with Crippen molar-refractivity contribution in [3.8, 4) is 0 Å². The number of aldehydes is 1. The van der Waals surface area contributed by atoms with Crippen LogP contribution in [0.15, 0.2) is 18.6 Å². The molecule has 4 rings (SSSR count). The van der Waals surface area contributed by atoms with Gasteiger partial charge in [-0.05, 0) is 24.3 Å². The number of aromatic nitrogens is 3. The molecule has 1 spiro atoms. The van der Waals surface area contributed by atoms with Crippen molar-refractivity contribution in [1.29, 1.82) is 0 Å². The molecule has 1 saturated heterocycles. The van der Waals surface area contributed by atoms with E-state index < -0.39 is 15.2 Å². The van der Waals surface area contributed by atoms with E-state index in [4.69, 9.17) is 0 Å². The number of H-pyrrole nitrogens is 1. The number of aromatic amines is 1. The lowest BCUT2D eigenvalue weighted by Crippen LogP contribution is -2.69. The van der Waals surface area contributed by atoms with Gasteiger partial charge in [-0.2, -0.15) is 0 Å². The number of sulfone groups is 1. The van der Waals surface area contributed by atoms with E-state index in [1.165, 1.54) is 6.26 Å². The molecule has 2 aromatic heterocycles. The highest BCUT2D eigenvalue weighted by molar-refractivity contribution is 7.91. The van der Waals surface area contributed by atoms with Gasteiger partial charge in [0, 0.05) is 45.1 Å². The van der Waals surface area contributed by atoms with Gasteiger partial charge in [0.15, 0.2) is 9.84 Å². The van der Waals surface area contributed by atoms with Crippen molar-refractivity contribution < 1.29 is 13.2 Å². The minimum absolute atomic E-state index is 0.0463. The van der Waals surface area contributed by atoms with Crippen LogP contribution in [0.4, 0.5) is 5.82 Å². The Bertz CT molecular complexity index is 927. The van der Waals surface area contributed by atoms with Crippen molar-refractivity contribution in [3.63, 3.8) is 0 Å². The van der Waals surface area contributed by atoms with Crippen LogP contribution in [0.3, 0.4) is 0 Å². The quantitative estimate of drug-likeness (QED) is 0.744. The molecule has 1 saturated carbocycles. The first kappa shape index (κ1) is 17.4. The molecule has 2 aromatic rings. The fourth-order valence-corrected chi connectivity index (χ4v) is 5.60. The molecular formula is C17H23N5O3S. The van der Waals surface area contributed by atoms with Crippen LogP contribution in [-0.2, 0) is 14.6 Å². The van der Waals surface area contributed by atoms with E-state index >= 15 is 0 Å². The third-order valence-electron chi connectivity index (χ3n) is 5.83. The Hall–Kier alpha value is -2.00. The second kappa shape index (κ2) is 6.02. The van der Waals surface area contributed by atoms with Crippen LogP contribution in [0.25, 0.3) is 11.0 Å². The predicted octanol–water partition coefficient (Wildman–Crippen LogP) is 0.818. The van der Waals surface area contributed by atoms with Gasteiger partial charge in [-0.1, -0.05) is 0 Å². The summed E-state index contributed by atoms with van der Waals surface area (Å²) in [7, 11) is -1.20. The zero-order valence-electron chi connectivity index (χ0n) is 14.9. The largest absolute Gasteiger partial charge is 0.356 e. The van der Waals surface area contributed by atoms with Crippen LogP contribution in [0, 0.1) is 5.41 Å². The number of nitrogens with one attached hydrogen (secondary N) is 1. The number of anilines is 1. The maximum absolute atomic E-state index is 11.9. The summed E-state index contributed by atoms with van der Waals surface area (Å²) in [5.74, 6) is 0.919. The lowest BCUT2D eigenvalue weighted by molar-refractivity contribution is -0.111. The Balaban J connectivity index is 1.40. The van der Waals surface area contributed by atoms with Gasteiger partial charge in [0.2, 0.25) is 0 Å².